The molecule has 1 aliphatic rings. The van der Waals surface area contributed by atoms with E-state index in [1.54, 1.807) is 29.8 Å². The number of ether oxygens (including phenoxy) is 2. The zero-order valence-corrected chi connectivity index (χ0v) is 18.2. The van der Waals surface area contributed by atoms with E-state index in [9.17, 15) is 4.79 Å². The van der Waals surface area contributed by atoms with E-state index in [1.165, 1.54) is 11.3 Å². The minimum atomic E-state index is -0.0506. The van der Waals surface area contributed by atoms with Crippen molar-refractivity contribution < 1.29 is 14.3 Å². The van der Waals surface area contributed by atoms with Crippen LogP contribution in [0.5, 0.6) is 11.5 Å². The number of hydrogen-bond acceptors (Lipinski definition) is 8. The van der Waals surface area contributed by atoms with Crippen LogP contribution in [0.1, 0.15) is 15.2 Å². The lowest BCUT2D eigenvalue weighted by Gasteiger charge is -2.08. The number of carbonyl (C=O) groups excluding carboxylic acids is 1. The summed E-state index contributed by atoms with van der Waals surface area (Å²) in [5, 5.41) is 12.8. The van der Waals surface area contributed by atoms with Gasteiger partial charge in [-0.25, -0.2) is 14.5 Å². The molecule has 1 aliphatic heterocycles. The van der Waals surface area contributed by atoms with Crippen molar-refractivity contribution in [2.24, 2.45) is 0 Å². The van der Waals surface area contributed by atoms with Crippen LogP contribution in [0, 0.1) is 6.92 Å². The molecule has 5 aromatic rings. The Bertz CT molecular complexity index is 1530. The van der Waals surface area contributed by atoms with E-state index in [0.29, 0.717) is 27.8 Å². The number of aromatic nitrogens is 6. The number of amides is 1. The molecular weight excluding hydrogens is 430 g/mol. The van der Waals surface area contributed by atoms with Gasteiger partial charge in [-0.1, -0.05) is 0 Å². The van der Waals surface area contributed by atoms with Crippen LogP contribution in [0.25, 0.3) is 38.6 Å². The standard InChI is InChI=1S/C21H17N7O3S/c1-10-16-19-23-18(26-28(19)8-22-20(16)32-17(10)21(29)27(2)3)13-7-12(24-25-13)11-4-5-14-15(6-11)31-9-30-14/h4-8H,9H2,1-3H3,(H,24,25). The highest BCUT2D eigenvalue weighted by Gasteiger charge is 2.22. The summed E-state index contributed by atoms with van der Waals surface area (Å²) < 4.78 is 12.5. The van der Waals surface area contributed by atoms with Crippen LogP contribution in [0.2, 0.25) is 0 Å². The Hall–Kier alpha value is -3.99. The van der Waals surface area contributed by atoms with E-state index in [2.05, 4.69) is 20.3 Å². The quantitative estimate of drug-likeness (QED) is 0.452. The predicted molar refractivity (Wildman–Crippen MR) is 118 cm³/mol. The molecule has 0 saturated heterocycles. The number of benzene rings is 1. The first-order chi connectivity index (χ1) is 15.5. The summed E-state index contributed by atoms with van der Waals surface area (Å²) in [5.41, 5.74) is 3.81. The van der Waals surface area contributed by atoms with Crippen molar-refractivity contribution in [2.75, 3.05) is 20.9 Å². The number of aryl methyl sites for hydroxylation is 1. The molecule has 0 bridgehead atoms. The van der Waals surface area contributed by atoms with Crippen molar-refractivity contribution in [3.05, 3.63) is 41.0 Å². The average molecular weight is 447 g/mol. The molecule has 1 N–H and O–H groups in total. The lowest BCUT2D eigenvalue weighted by molar-refractivity contribution is 0.0831. The van der Waals surface area contributed by atoms with Crippen LogP contribution in [-0.2, 0) is 0 Å². The van der Waals surface area contributed by atoms with Crippen molar-refractivity contribution in [3.8, 4) is 34.3 Å². The maximum Gasteiger partial charge on any atom is 0.263 e. The van der Waals surface area contributed by atoms with Gasteiger partial charge >= 0.3 is 0 Å². The highest BCUT2D eigenvalue weighted by Crippen LogP contribution is 2.36. The first kappa shape index (κ1) is 18.8. The Labute approximate surface area is 185 Å². The minimum absolute atomic E-state index is 0.0506. The van der Waals surface area contributed by atoms with Gasteiger partial charge in [0.15, 0.2) is 23.0 Å². The molecular formula is C21H17N7O3S. The lowest BCUT2D eigenvalue weighted by Crippen LogP contribution is -2.21. The molecule has 0 saturated carbocycles. The summed E-state index contributed by atoms with van der Waals surface area (Å²) in [6.45, 7) is 2.14. The van der Waals surface area contributed by atoms with Crippen LogP contribution < -0.4 is 9.47 Å². The predicted octanol–water partition coefficient (Wildman–Crippen LogP) is 3.14. The van der Waals surface area contributed by atoms with Crippen molar-refractivity contribution >= 4 is 33.1 Å². The fraction of sp³-hybridized carbons (Fsp3) is 0.190. The first-order valence-corrected chi connectivity index (χ1v) is 10.6. The third-order valence-electron chi connectivity index (χ3n) is 5.35. The monoisotopic (exact) mass is 447 g/mol. The van der Waals surface area contributed by atoms with Crippen LogP contribution in [0.3, 0.4) is 0 Å². The van der Waals surface area contributed by atoms with Crippen LogP contribution in [0.4, 0.5) is 0 Å². The number of thiophene rings is 1. The van der Waals surface area contributed by atoms with Crippen molar-refractivity contribution in [1.82, 2.24) is 34.7 Å². The molecule has 5 heterocycles. The smallest absolute Gasteiger partial charge is 0.263 e. The van der Waals surface area contributed by atoms with Gasteiger partial charge in [-0.2, -0.15) is 5.10 Å². The number of rotatable bonds is 3. The van der Waals surface area contributed by atoms with Gasteiger partial charge in [-0.05, 0) is 36.8 Å². The topological polar surface area (TPSA) is 111 Å². The number of nitrogens with zero attached hydrogens (tertiary/aromatic N) is 6. The summed E-state index contributed by atoms with van der Waals surface area (Å²) in [6, 6.07) is 7.57. The molecule has 1 amide bonds. The molecule has 160 valence electrons. The third kappa shape index (κ3) is 2.74. The molecule has 0 spiro atoms. The lowest BCUT2D eigenvalue weighted by atomic mass is 10.1. The van der Waals surface area contributed by atoms with Crippen molar-refractivity contribution in [3.63, 3.8) is 0 Å². The molecule has 32 heavy (non-hydrogen) atoms. The summed E-state index contributed by atoms with van der Waals surface area (Å²) in [6.07, 6.45) is 1.61. The largest absolute Gasteiger partial charge is 0.454 e. The summed E-state index contributed by atoms with van der Waals surface area (Å²) >= 11 is 1.37. The van der Waals surface area contributed by atoms with Crippen LogP contribution in [0.15, 0.2) is 30.6 Å². The number of fused-ring (bicyclic) bond motifs is 4. The number of aromatic amines is 1. The normalized spacial score (nSPS) is 12.7. The Balaban J connectivity index is 1.43. The average Bonchev–Trinajstić information content (AvgIpc) is 3.56. The molecule has 10 nitrogen and oxygen atoms in total. The molecule has 6 rings (SSSR count). The highest BCUT2D eigenvalue weighted by molar-refractivity contribution is 7.20. The second-order valence-electron chi connectivity index (χ2n) is 7.62. The summed E-state index contributed by atoms with van der Waals surface area (Å²) in [5.74, 6) is 1.86. The second-order valence-corrected chi connectivity index (χ2v) is 8.62. The fourth-order valence-corrected chi connectivity index (χ4v) is 4.86. The molecule has 0 atom stereocenters. The maximum absolute atomic E-state index is 12.5. The van der Waals surface area contributed by atoms with Gasteiger partial charge in [0.2, 0.25) is 6.79 Å². The molecule has 0 radical (unpaired) electrons. The zero-order valence-electron chi connectivity index (χ0n) is 17.4. The van der Waals surface area contributed by atoms with E-state index in [4.69, 9.17) is 14.5 Å². The Morgan fingerprint density at radius 1 is 1.22 bits per heavy atom. The second kappa shape index (κ2) is 6.76. The number of hydrogen-bond donors (Lipinski definition) is 1. The van der Waals surface area contributed by atoms with Gasteiger partial charge in [0.1, 0.15) is 16.9 Å². The van der Waals surface area contributed by atoms with Crippen LogP contribution >= 0.6 is 11.3 Å². The number of nitrogens with one attached hydrogen (secondary N) is 1. The van der Waals surface area contributed by atoms with Crippen LogP contribution in [-0.4, -0.2) is 61.5 Å². The Morgan fingerprint density at radius 3 is 2.91 bits per heavy atom. The fourth-order valence-electron chi connectivity index (χ4n) is 3.70. The molecule has 4 aromatic heterocycles. The van der Waals surface area contributed by atoms with E-state index in [0.717, 1.165) is 32.8 Å². The van der Waals surface area contributed by atoms with Crippen molar-refractivity contribution in [1.29, 1.82) is 0 Å². The van der Waals surface area contributed by atoms with Gasteiger partial charge in [0.05, 0.1) is 16.0 Å². The molecule has 1 aromatic carbocycles. The molecule has 0 unspecified atom stereocenters. The van der Waals surface area contributed by atoms with E-state index < -0.39 is 0 Å². The molecule has 0 aliphatic carbocycles. The first-order valence-electron chi connectivity index (χ1n) is 9.81. The number of carbonyl (C=O) groups is 1. The molecule has 0 fully saturated rings. The van der Waals surface area contributed by atoms with E-state index in [1.807, 2.05) is 31.2 Å². The van der Waals surface area contributed by atoms with E-state index >= 15 is 0 Å². The van der Waals surface area contributed by atoms with Gasteiger partial charge in [0.25, 0.3) is 5.91 Å². The summed E-state index contributed by atoms with van der Waals surface area (Å²) in [7, 11) is 3.47. The minimum Gasteiger partial charge on any atom is -0.454 e. The summed E-state index contributed by atoms with van der Waals surface area (Å²) in [4.78, 5) is 24.7. The maximum atomic E-state index is 12.5. The van der Waals surface area contributed by atoms with Gasteiger partial charge in [-0.3, -0.25) is 9.89 Å². The van der Waals surface area contributed by atoms with Gasteiger partial charge in [0, 0.05) is 19.7 Å². The van der Waals surface area contributed by atoms with Gasteiger partial charge < -0.3 is 14.4 Å². The van der Waals surface area contributed by atoms with E-state index in [-0.39, 0.29) is 12.7 Å². The number of H-pyrrole nitrogens is 1. The van der Waals surface area contributed by atoms with Crippen molar-refractivity contribution in [2.45, 2.75) is 6.92 Å². The Kier molecular flexibility index (Phi) is 3.96. The van der Waals surface area contributed by atoms with Gasteiger partial charge in [-0.15, -0.1) is 16.4 Å². The Morgan fingerprint density at radius 2 is 2.06 bits per heavy atom. The highest BCUT2D eigenvalue weighted by atomic mass is 32.1. The zero-order chi connectivity index (χ0) is 22.0. The SMILES string of the molecule is Cc1c(C(=O)N(C)C)sc2ncn3nc(-c4cc(-c5ccc6c(c5)OCO6)n[nH]4)nc3c12. The molecule has 11 heteroatoms. The third-order valence-corrected chi connectivity index (χ3v) is 6.54.